The monoisotopic (exact) mass is 440 g/mol. The second kappa shape index (κ2) is 7.81. The zero-order valence-corrected chi connectivity index (χ0v) is 16.9. The van der Waals surface area contributed by atoms with Gasteiger partial charge in [-0.15, -0.1) is 15.3 Å². The maximum Gasteiger partial charge on any atom is 0.235 e. The van der Waals surface area contributed by atoms with Gasteiger partial charge in [-0.1, -0.05) is 52.9 Å². The maximum absolute atomic E-state index is 12.1. The zero-order valence-electron chi connectivity index (χ0n) is 13.6. The van der Waals surface area contributed by atoms with Gasteiger partial charge in [-0.3, -0.25) is 4.79 Å². The van der Waals surface area contributed by atoms with Gasteiger partial charge in [-0.2, -0.15) is 4.52 Å². The van der Waals surface area contributed by atoms with E-state index in [-0.39, 0.29) is 23.6 Å². The largest absolute Gasteiger partial charge is 0.325 e. The normalized spacial score (nSPS) is 12.7. The van der Waals surface area contributed by atoms with E-state index in [0.29, 0.717) is 10.8 Å². The predicted molar refractivity (Wildman–Crippen MR) is 104 cm³/mol. The number of fused-ring (bicyclic) bond motifs is 1. The topological polar surface area (TPSA) is 98.2 Å². The van der Waals surface area contributed by atoms with Crippen molar-refractivity contribution in [2.75, 3.05) is 11.1 Å². The van der Waals surface area contributed by atoms with Gasteiger partial charge in [0.15, 0.2) is 10.2 Å². The van der Waals surface area contributed by atoms with Crippen molar-refractivity contribution in [3.8, 4) is 0 Å². The van der Waals surface area contributed by atoms with E-state index in [1.165, 1.54) is 23.1 Å². The van der Waals surface area contributed by atoms with Crippen molar-refractivity contribution in [3.63, 3.8) is 0 Å². The number of benzene rings is 1. The lowest BCUT2D eigenvalue weighted by Crippen LogP contribution is -2.20. The number of nitrogens with two attached hydrogens (primary N) is 1. The van der Waals surface area contributed by atoms with Crippen LogP contribution in [0.15, 0.2) is 33.1 Å². The van der Waals surface area contributed by atoms with Crippen LogP contribution in [0.2, 0.25) is 0 Å². The van der Waals surface area contributed by atoms with Gasteiger partial charge >= 0.3 is 0 Å². The van der Waals surface area contributed by atoms with Crippen LogP contribution in [0.1, 0.15) is 25.7 Å². The number of hydrogen-bond acceptors (Lipinski definition) is 7. The van der Waals surface area contributed by atoms with Gasteiger partial charge in [-0.05, 0) is 30.2 Å². The van der Waals surface area contributed by atoms with Crippen LogP contribution in [0.4, 0.5) is 5.69 Å². The summed E-state index contributed by atoms with van der Waals surface area (Å²) in [5, 5.41) is 15.6. The third kappa shape index (κ3) is 4.38. The van der Waals surface area contributed by atoms with Crippen molar-refractivity contribution < 1.29 is 4.79 Å². The first-order valence-electron chi connectivity index (χ1n) is 7.60. The second-order valence-electron chi connectivity index (χ2n) is 5.73. The van der Waals surface area contributed by atoms with Crippen LogP contribution >= 0.6 is 39.0 Å². The lowest BCUT2D eigenvalue weighted by molar-refractivity contribution is -0.113. The zero-order chi connectivity index (χ0) is 18.0. The molecule has 0 radical (unpaired) electrons. The summed E-state index contributed by atoms with van der Waals surface area (Å²) in [5.74, 6) is 1.07. The molecule has 0 aliphatic heterocycles. The van der Waals surface area contributed by atoms with Crippen LogP contribution in [-0.2, 0) is 4.79 Å². The smallest absolute Gasteiger partial charge is 0.235 e. The van der Waals surface area contributed by atoms with Crippen LogP contribution in [0, 0.1) is 5.92 Å². The molecule has 0 spiro atoms. The van der Waals surface area contributed by atoms with Crippen molar-refractivity contribution in [2.45, 2.75) is 24.2 Å². The Morgan fingerprint density at radius 3 is 2.76 bits per heavy atom. The number of carbonyl (C=O) groups excluding carboxylic acids is 1. The Labute approximate surface area is 161 Å². The fourth-order valence-corrected chi connectivity index (χ4v) is 3.98. The summed E-state index contributed by atoms with van der Waals surface area (Å²) < 4.78 is 3.40. The van der Waals surface area contributed by atoms with Gasteiger partial charge in [0, 0.05) is 10.2 Å². The lowest BCUT2D eigenvalue weighted by atomic mass is 10.1. The first kappa shape index (κ1) is 18.3. The fraction of sp³-hybridized carbons (Fsp3) is 0.333. The molecule has 0 aliphatic carbocycles. The van der Waals surface area contributed by atoms with Crippen molar-refractivity contribution in [3.05, 3.63) is 34.6 Å². The molecule has 1 amide bonds. The Morgan fingerprint density at radius 2 is 2.08 bits per heavy atom. The number of rotatable bonds is 6. The Balaban J connectivity index is 1.63. The minimum absolute atomic E-state index is 0.0857. The molecular weight excluding hydrogens is 424 g/mol. The summed E-state index contributed by atoms with van der Waals surface area (Å²) in [5.41, 5.74) is 6.90. The van der Waals surface area contributed by atoms with Crippen molar-refractivity contribution >= 4 is 55.6 Å². The van der Waals surface area contributed by atoms with Gasteiger partial charge < -0.3 is 11.1 Å². The Morgan fingerprint density at radius 1 is 1.36 bits per heavy atom. The van der Waals surface area contributed by atoms with Gasteiger partial charge in [0.2, 0.25) is 10.9 Å². The molecule has 10 heteroatoms. The molecule has 0 bridgehead atoms. The standard InChI is InChI=1S/C15H17BrN6OS2/c1-8(2)12(17)13-19-20-14-22(13)21-15(25-14)24-7-11(23)18-10-5-3-9(16)4-6-10/h3-6,8,12H,7,17H2,1-2H3,(H,18,23). The molecule has 0 aliphatic rings. The first-order valence-corrected chi connectivity index (χ1v) is 10.2. The Bertz CT molecular complexity index is 876. The lowest BCUT2D eigenvalue weighted by Gasteiger charge is -2.11. The third-order valence-corrected chi connectivity index (χ3v) is 6.03. The second-order valence-corrected chi connectivity index (χ2v) is 8.83. The molecule has 2 aromatic heterocycles. The van der Waals surface area contributed by atoms with E-state index >= 15 is 0 Å². The minimum Gasteiger partial charge on any atom is -0.325 e. The minimum atomic E-state index is -0.226. The summed E-state index contributed by atoms with van der Waals surface area (Å²) in [6, 6.07) is 7.22. The van der Waals surface area contributed by atoms with E-state index in [1.54, 1.807) is 4.52 Å². The average Bonchev–Trinajstić information content (AvgIpc) is 3.14. The van der Waals surface area contributed by atoms with Crippen LogP contribution in [0.5, 0.6) is 0 Å². The van der Waals surface area contributed by atoms with Gasteiger partial charge in [-0.25, -0.2) is 0 Å². The van der Waals surface area contributed by atoms with E-state index in [0.717, 1.165) is 14.5 Å². The van der Waals surface area contributed by atoms with Crippen molar-refractivity contribution in [1.82, 2.24) is 19.8 Å². The van der Waals surface area contributed by atoms with Crippen molar-refractivity contribution in [2.24, 2.45) is 11.7 Å². The van der Waals surface area contributed by atoms with Crippen LogP contribution in [0.25, 0.3) is 4.96 Å². The van der Waals surface area contributed by atoms with Gasteiger partial charge in [0.05, 0.1) is 11.8 Å². The van der Waals surface area contributed by atoms with Crippen molar-refractivity contribution in [1.29, 1.82) is 0 Å². The van der Waals surface area contributed by atoms with E-state index in [1.807, 2.05) is 38.1 Å². The molecule has 1 unspecified atom stereocenters. The summed E-state index contributed by atoms with van der Waals surface area (Å²) in [6.07, 6.45) is 0. The predicted octanol–water partition coefficient (Wildman–Crippen LogP) is 3.33. The highest BCUT2D eigenvalue weighted by Gasteiger charge is 2.20. The maximum atomic E-state index is 12.1. The third-order valence-electron chi connectivity index (χ3n) is 3.47. The first-order chi connectivity index (χ1) is 11.9. The molecule has 132 valence electrons. The summed E-state index contributed by atoms with van der Waals surface area (Å²) in [6.45, 7) is 4.06. The molecule has 2 heterocycles. The van der Waals surface area contributed by atoms with E-state index in [4.69, 9.17) is 5.73 Å². The fourth-order valence-electron chi connectivity index (χ4n) is 2.04. The number of anilines is 1. The van der Waals surface area contributed by atoms with Crippen LogP contribution in [0.3, 0.4) is 0 Å². The molecule has 25 heavy (non-hydrogen) atoms. The molecule has 0 saturated carbocycles. The highest BCUT2D eigenvalue weighted by molar-refractivity contribution is 9.10. The molecule has 1 aromatic carbocycles. The number of aromatic nitrogens is 4. The molecule has 1 atom stereocenters. The van der Waals surface area contributed by atoms with Gasteiger partial charge in [0.25, 0.3) is 0 Å². The number of nitrogens with one attached hydrogen (secondary N) is 1. The van der Waals surface area contributed by atoms with E-state index in [9.17, 15) is 4.79 Å². The number of nitrogens with zero attached hydrogens (tertiary/aromatic N) is 4. The number of thioether (sulfide) groups is 1. The van der Waals surface area contributed by atoms with E-state index < -0.39 is 0 Å². The number of halogens is 1. The average molecular weight is 441 g/mol. The summed E-state index contributed by atoms with van der Waals surface area (Å²) >= 11 is 6.13. The molecule has 3 rings (SSSR count). The molecule has 7 nitrogen and oxygen atoms in total. The molecule has 3 aromatic rings. The number of amides is 1. The molecule has 0 saturated heterocycles. The highest BCUT2D eigenvalue weighted by atomic mass is 79.9. The molecule has 3 N–H and O–H groups in total. The number of carbonyl (C=O) groups is 1. The van der Waals surface area contributed by atoms with E-state index in [2.05, 4.69) is 36.5 Å². The van der Waals surface area contributed by atoms with Crippen LogP contribution in [-0.4, -0.2) is 31.5 Å². The number of hydrogen-bond donors (Lipinski definition) is 2. The van der Waals surface area contributed by atoms with Crippen LogP contribution < -0.4 is 11.1 Å². The summed E-state index contributed by atoms with van der Waals surface area (Å²) in [7, 11) is 0. The van der Waals surface area contributed by atoms with Gasteiger partial charge in [0.1, 0.15) is 0 Å². The quantitative estimate of drug-likeness (QED) is 0.570. The summed E-state index contributed by atoms with van der Waals surface area (Å²) in [4.78, 5) is 12.7. The molecular formula is C15H17BrN6OS2. The Kier molecular flexibility index (Phi) is 5.72. The highest BCUT2D eigenvalue weighted by Crippen LogP contribution is 2.27. The Hall–Kier alpha value is -1.49. The molecule has 0 fully saturated rings. The SMILES string of the molecule is CC(C)C(N)c1nnc2sc(SCC(=O)Nc3ccc(Br)cc3)nn12.